The molecule has 0 amide bonds. The van der Waals surface area contributed by atoms with Crippen LogP contribution in [0.3, 0.4) is 0 Å². The zero-order valence-electron chi connectivity index (χ0n) is 13.5. The summed E-state index contributed by atoms with van der Waals surface area (Å²) >= 11 is 6.39. The van der Waals surface area contributed by atoms with Gasteiger partial charge in [0.1, 0.15) is 0 Å². The lowest BCUT2D eigenvalue weighted by Gasteiger charge is -2.39. The van der Waals surface area contributed by atoms with Crippen molar-refractivity contribution in [2.75, 3.05) is 39.5 Å². The molecule has 1 N–H and O–H groups in total. The first-order valence-electron chi connectivity index (χ1n) is 8.75. The quantitative estimate of drug-likeness (QED) is 0.900. The molecule has 0 spiro atoms. The summed E-state index contributed by atoms with van der Waals surface area (Å²) in [6.45, 7) is 6.42. The third-order valence-electron chi connectivity index (χ3n) is 5.38. The van der Waals surface area contributed by atoms with Gasteiger partial charge in [0.25, 0.3) is 0 Å². The van der Waals surface area contributed by atoms with E-state index in [1.54, 1.807) is 0 Å². The predicted octanol–water partition coefficient (Wildman–Crippen LogP) is 2.54. The van der Waals surface area contributed by atoms with Gasteiger partial charge in [-0.25, -0.2) is 0 Å². The van der Waals surface area contributed by atoms with E-state index in [4.69, 9.17) is 21.1 Å². The van der Waals surface area contributed by atoms with Crippen molar-refractivity contribution < 1.29 is 9.47 Å². The van der Waals surface area contributed by atoms with Gasteiger partial charge in [-0.1, -0.05) is 11.6 Å². The molecule has 1 aromatic carbocycles. The molecule has 0 aliphatic carbocycles. The third kappa shape index (κ3) is 3.42. The van der Waals surface area contributed by atoms with Crippen molar-refractivity contribution in [1.29, 1.82) is 0 Å². The molecular formula is C18H25ClN2O2. The number of rotatable bonds is 2. The van der Waals surface area contributed by atoms with Gasteiger partial charge in [0.15, 0.2) is 0 Å². The smallest absolute Gasteiger partial charge is 0.0662 e. The lowest BCUT2D eigenvalue weighted by molar-refractivity contribution is 0.0285. The van der Waals surface area contributed by atoms with E-state index in [1.165, 1.54) is 16.7 Å². The second kappa shape index (κ2) is 7.08. The maximum atomic E-state index is 6.39. The number of fused-ring (bicyclic) bond motifs is 1. The van der Waals surface area contributed by atoms with Crippen LogP contribution in [0, 0.1) is 0 Å². The van der Waals surface area contributed by atoms with Gasteiger partial charge in [0.05, 0.1) is 19.3 Å². The minimum absolute atomic E-state index is 0.269. The highest BCUT2D eigenvalue weighted by Gasteiger charge is 2.29. The van der Waals surface area contributed by atoms with Crippen LogP contribution in [-0.2, 0) is 22.4 Å². The number of halogens is 1. The molecule has 3 heterocycles. The monoisotopic (exact) mass is 336 g/mol. The molecule has 4 nitrogen and oxygen atoms in total. The maximum Gasteiger partial charge on any atom is 0.0662 e. The number of hydrogen-bond acceptors (Lipinski definition) is 4. The van der Waals surface area contributed by atoms with Crippen LogP contribution in [0.5, 0.6) is 0 Å². The standard InChI is InChI=1S/C18H25ClN2O2/c19-14-9-13-1-5-21(15-2-6-22-7-3-15)11-17(13)16(10-14)18-12-23-8-4-20-18/h9-10,15,18,20H,1-8,11-12H2/t18-/m0/s1. The Balaban J connectivity index is 1.60. The topological polar surface area (TPSA) is 33.7 Å². The second-order valence-electron chi connectivity index (χ2n) is 6.78. The highest BCUT2D eigenvalue weighted by Crippen LogP contribution is 2.33. The van der Waals surface area contributed by atoms with Gasteiger partial charge in [-0.05, 0) is 48.1 Å². The molecule has 2 fully saturated rings. The molecule has 1 aromatic rings. The summed E-state index contributed by atoms with van der Waals surface area (Å²) < 4.78 is 11.2. The van der Waals surface area contributed by atoms with E-state index >= 15 is 0 Å². The van der Waals surface area contributed by atoms with E-state index in [1.807, 2.05) is 0 Å². The summed E-state index contributed by atoms with van der Waals surface area (Å²) in [6.07, 6.45) is 3.40. The Hall–Kier alpha value is -0.650. The van der Waals surface area contributed by atoms with E-state index in [2.05, 4.69) is 22.3 Å². The number of benzene rings is 1. The average molecular weight is 337 g/mol. The molecule has 0 aromatic heterocycles. The van der Waals surface area contributed by atoms with E-state index in [-0.39, 0.29) is 6.04 Å². The van der Waals surface area contributed by atoms with Gasteiger partial charge in [0, 0.05) is 43.9 Å². The van der Waals surface area contributed by atoms with Crippen LogP contribution in [0.15, 0.2) is 12.1 Å². The number of nitrogens with zero attached hydrogens (tertiary/aromatic N) is 1. The van der Waals surface area contributed by atoms with Gasteiger partial charge in [-0.15, -0.1) is 0 Å². The van der Waals surface area contributed by atoms with Crippen LogP contribution in [0.25, 0.3) is 0 Å². The summed E-state index contributed by atoms with van der Waals surface area (Å²) in [6, 6.07) is 5.23. The first-order valence-corrected chi connectivity index (χ1v) is 9.13. The number of hydrogen-bond donors (Lipinski definition) is 1. The SMILES string of the molecule is Clc1cc2c(c([C@@H]3COCCN3)c1)CN(C1CCOCC1)CC2. The minimum Gasteiger partial charge on any atom is -0.381 e. The van der Waals surface area contributed by atoms with E-state index in [0.717, 1.165) is 70.3 Å². The summed E-state index contributed by atoms with van der Waals surface area (Å²) in [7, 11) is 0. The Morgan fingerprint density at radius 3 is 2.78 bits per heavy atom. The van der Waals surface area contributed by atoms with E-state index in [0.29, 0.717) is 6.04 Å². The third-order valence-corrected chi connectivity index (χ3v) is 5.59. The van der Waals surface area contributed by atoms with Crippen LogP contribution in [0.1, 0.15) is 35.6 Å². The lowest BCUT2D eigenvalue weighted by atomic mass is 9.89. The van der Waals surface area contributed by atoms with Crippen molar-refractivity contribution in [3.8, 4) is 0 Å². The molecule has 23 heavy (non-hydrogen) atoms. The van der Waals surface area contributed by atoms with Crippen molar-refractivity contribution in [3.05, 3.63) is 33.8 Å². The molecule has 1 atom stereocenters. The summed E-state index contributed by atoms with van der Waals surface area (Å²) in [5, 5.41) is 4.44. The van der Waals surface area contributed by atoms with Crippen molar-refractivity contribution in [3.63, 3.8) is 0 Å². The van der Waals surface area contributed by atoms with Crippen molar-refractivity contribution >= 4 is 11.6 Å². The predicted molar refractivity (Wildman–Crippen MR) is 91.0 cm³/mol. The van der Waals surface area contributed by atoms with Gasteiger partial charge in [-0.3, -0.25) is 4.90 Å². The van der Waals surface area contributed by atoms with E-state index in [9.17, 15) is 0 Å². The zero-order chi connectivity index (χ0) is 15.6. The highest BCUT2D eigenvalue weighted by atomic mass is 35.5. The fourth-order valence-electron chi connectivity index (χ4n) is 4.12. The maximum absolute atomic E-state index is 6.39. The first-order chi connectivity index (χ1) is 11.3. The fraction of sp³-hybridized carbons (Fsp3) is 0.667. The highest BCUT2D eigenvalue weighted by molar-refractivity contribution is 6.30. The first kappa shape index (κ1) is 15.9. The number of morpholine rings is 1. The Morgan fingerprint density at radius 1 is 1.13 bits per heavy atom. The summed E-state index contributed by atoms with van der Waals surface area (Å²) in [5.41, 5.74) is 4.22. The molecule has 5 heteroatoms. The molecule has 0 saturated carbocycles. The van der Waals surface area contributed by atoms with Gasteiger partial charge in [-0.2, -0.15) is 0 Å². The van der Waals surface area contributed by atoms with Crippen LogP contribution < -0.4 is 5.32 Å². The average Bonchev–Trinajstić information content (AvgIpc) is 2.62. The Kier molecular flexibility index (Phi) is 4.88. The molecule has 4 rings (SSSR count). The second-order valence-corrected chi connectivity index (χ2v) is 7.21. The molecular weight excluding hydrogens is 312 g/mol. The van der Waals surface area contributed by atoms with Crippen LogP contribution in [-0.4, -0.2) is 50.5 Å². The number of ether oxygens (including phenoxy) is 2. The molecule has 2 saturated heterocycles. The Labute approximate surface area is 143 Å². The minimum atomic E-state index is 0.269. The summed E-state index contributed by atoms with van der Waals surface area (Å²) in [4.78, 5) is 2.64. The van der Waals surface area contributed by atoms with Crippen molar-refractivity contribution in [2.45, 2.75) is 37.9 Å². The molecule has 0 bridgehead atoms. The van der Waals surface area contributed by atoms with E-state index < -0.39 is 0 Å². The van der Waals surface area contributed by atoms with Crippen molar-refractivity contribution in [2.24, 2.45) is 0 Å². The molecule has 0 radical (unpaired) electrons. The number of nitrogens with one attached hydrogen (secondary N) is 1. The van der Waals surface area contributed by atoms with Gasteiger partial charge >= 0.3 is 0 Å². The Morgan fingerprint density at radius 2 is 2.00 bits per heavy atom. The molecule has 3 aliphatic heterocycles. The van der Waals surface area contributed by atoms with Gasteiger partial charge < -0.3 is 14.8 Å². The Bertz CT molecular complexity index is 554. The zero-order valence-corrected chi connectivity index (χ0v) is 14.3. The lowest BCUT2D eigenvalue weighted by Crippen LogP contribution is -2.43. The van der Waals surface area contributed by atoms with Crippen molar-refractivity contribution in [1.82, 2.24) is 10.2 Å². The largest absolute Gasteiger partial charge is 0.381 e. The van der Waals surface area contributed by atoms with Gasteiger partial charge in [0.2, 0.25) is 0 Å². The summed E-state index contributed by atoms with van der Waals surface area (Å²) in [5.74, 6) is 0. The van der Waals surface area contributed by atoms with Crippen LogP contribution in [0.2, 0.25) is 5.02 Å². The molecule has 3 aliphatic rings. The molecule has 126 valence electrons. The fourth-order valence-corrected chi connectivity index (χ4v) is 4.37. The van der Waals surface area contributed by atoms with Crippen LogP contribution >= 0.6 is 11.6 Å². The molecule has 0 unspecified atom stereocenters. The normalized spacial score (nSPS) is 26.9. The van der Waals surface area contributed by atoms with Crippen LogP contribution in [0.4, 0.5) is 0 Å².